The van der Waals surface area contributed by atoms with Crippen molar-refractivity contribution in [2.45, 2.75) is 32.7 Å². The van der Waals surface area contributed by atoms with E-state index in [0.29, 0.717) is 12.5 Å². The Kier molecular flexibility index (Phi) is 4.05. The van der Waals surface area contributed by atoms with Gasteiger partial charge in [-0.2, -0.15) is 0 Å². The van der Waals surface area contributed by atoms with Crippen molar-refractivity contribution in [3.63, 3.8) is 0 Å². The fourth-order valence-corrected chi connectivity index (χ4v) is 2.16. The second-order valence-electron chi connectivity index (χ2n) is 4.78. The highest BCUT2D eigenvalue weighted by Gasteiger charge is 2.18. The third-order valence-electron chi connectivity index (χ3n) is 3.46. The highest BCUT2D eigenvalue weighted by molar-refractivity contribution is 5.61. The van der Waals surface area contributed by atoms with Gasteiger partial charge in [-0.25, -0.2) is 4.98 Å². The number of nitrogens with two attached hydrogens (primary N) is 1. The first-order chi connectivity index (χ1) is 9.19. The molecule has 0 aliphatic carbocycles. The van der Waals surface area contributed by atoms with Gasteiger partial charge in [0.1, 0.15) is 11.6 Å². The maximum atomic E-state index is 6.26. The normalized spacial score (nSPS) is 12.3. The molecule has 0 bridgehead atoms. The first-order valence-electron chi connectivity index (χ1n) is 6.71. The molecule has 2 aromatic rings. The van der Waals surface area contributed by atoms with Crippen LogP contribution in [0.2, 0.25) is 0 Å². The molecule has 2 N–H and O–H groups in total. The van der Waals surface area contributed by atoms with Crippen molar-refractivity contribution in [3.05, 3.63) is 48.7 Å². The number of hydrogen-bond acceptors (Lipinski definition) is 2. The van der Waals surface area contributed by atoms with Crippen LogP contribution in [-0.2, 0) is 6.54 Å². The SMILES string of the molecule is C=CCn1c(-c2ccccc2)nc(C(C)CC)c1N. The van der Waals surface area contributed by atoms with E-state index in [2.05, 4.69) is 32.6 Å². The Morgan fingerprint density at radius 2 is 2.05 bits per heavy atom. The Balaban J connectivity index is 2.56. The van der Waals surface area contributed by atoms with Gasteiger partial charge in [0.25, 0.3) is 0 Å². The number of nitrogen functional groups attached to an aromatic ring is 1. The van der Waals surface area contributed by atoms with Gasteiger partial charge in [-0.1, -0.05) is 50.3 Å². The van der Waals surface area contributed by atoms with Gasteiger partial charge < -0.3 is 10.3 Å². The molecular weight excluding hydrogens is 234 g/mol. The highest BCUT2D eigenvalue weighted by atomic mass is 15.1. The maximum absolute atomic E-state index is 6.26. The molecule has 3 nitrogen and oxygen atoms in total. The summed E-state index contributed by atoms with van der Waals surface area (Å²) in [7, 11) is 0. The minimum Gasteiger partial charge on any atom is -0.384 e. The molecule has 0 aliphatic heterocycles. The van der Waals surface area contributed by atoms with E-state index >= 15 is 0 Å². The third-order valence-corrected chi connectivity index (χ3v) is 3.46. The number of benzene rings is 1. The smallest absolute Gasteiger partial charge is 0.142 e. The second-order valence-corrected chi connectivity index (χ2v) is 4.78. The zero-order valence-corrected chi connectivity index (χ0v) is 11.6. The number of anilines is 1. The molecule has 2 rings (SSSR count). The van der Waals surface area contributed by atoms with E-state index in [1.165, 1.54) is 0 Å². The summed E-state index contributed by atoms with van der Waals surface area (Å²) in [4.78, 5) is 4.76. The summed E-state index contributed by atoms with van der Waals surface area (Å²) in [5.41, 5.74) is 8.33. The van der Waals surface area contributed by atoms with Gasteiger partial charge >= 0.3 is 0 Å². The van der Waals surface area contributed by atoms with E-state index in [9.17, 15) is 0 Å². The summed E-state index contributed by atoms with van der Waals surface area (Å²) in [6.07, 6.45) is 2.88. The molecule has 0 saturated carbocycles. The molecule has 19 heavy (non-hydrogen) atoms. The number of imidazole rings is 1. The lowest BCUT2D eigenvalue weighted by atomic mass is 10.1. The molecule has 1 heterocycles. The van der Waals surface area contributed by atoms with Gasteiger partial charge in [0.05, 0.1) is 5.69 Å². The van der Waals surface area contributed by atoms with Crippen molar-refractivity contribution in [2.75, 3.05) is 5.73 Å². The molecule has 1 aromatic heterocycles. The number of rotatable bonds is 5. The fraction of sp³-hybridized carbons (Fsp3) is 0.312. The second kappa shape index (κ2) is 5.74. The van der Waals surface area contributed by atoms with Crippen LogP contribution in [0.4, 0.5) is 5.82 Å². The van der Waals surface area contributed by atoms with Crippen LogP contribution in [0.25, 0.3) is 11.4 Å². The van der Waals surface area contributed by atoms with Crippen molar-refractivity contribution in [3.8, 4) is 11.4 Å². The molecule has 0 aliphatic rings. The van der Waals surface area contributed by atoms with Crippen molar-refractivity contribution in [1.82, 2.24) is 9.55 Å². The average Bonchev–Trinajstić information content (AvgIpc) is 2.77. The molecule has 0 spiro atoms. The lowest BCUT2D eigenvalue weighted by Crippen LogP contribution is -2.05. The first kappa shape index (κ1) is 13.4. The Hall–Kier alpha value is -2.03. The lowest BCUT2D eigenvalue weighted by molar-refractivity contribution is 0.714. The summed E-state index contributed by atoms with van der Waals surface area (Å²) in [5, 5.41) is 0. The molecule has 1 unspecified atom stereocenters. The summed E-state index contributed by atoms with van der Waals surface area (Å²) >= 11 is 0. The van der Waals surface area contributed by atoms with E-state index < -0.39 is 0 Å². The van der Waals surface area contributed by atoms with Gasteiger partial charge in [0, 0.05) is 18.0 Å². The van der Waals surface area contributed by atoms with Crippen LogP contribution < -0.4 is 5.73 Å². The molecule has 0 saturated heterocycles. The number of aromatic nitrogens is 2. The predicted molar refractivity (Wildman–Crippen MR) is 81.0 cm³/mol. The van der Waals surface area contributed by atoms with Crippen molar-refractivity contribution in [2.24, 2.45) is 0 Å². The van der Waals surface area contributed by atoms with Crippen LogP contribution in [0.1, 0.15) is 31.9 Å². The van der Waals surface area contributed by atoms with Crippen molar-refractivity contribution < 1.29 is 0 Å². The van der Waals surface area contributed by atoms with Gasteiger partial charge in [0.2, 0.25) is 0 Å². The number of allylic oxidation sites excluding steroid dienone is 1. The molecule has 1 atom stereocenters. The van der Waals surface area contributed by atoms with Gasteiger partial charge in [-0.15, -0.1) is 6.58 Å². The Morgan fingerprint density at radius 3 is 2.63 bits per heavy atom. The quantitative estimate of drug-likeness (QED) is 0.825. The maximum Gasteiger partial charge on any atom is 0.142 e. The van der Waals surface area contributed by atoms with Crippen LogP contribution >= 0.6 is 0 Å². The number of nitrogens with zero attached hydrogens (tertiary/aromatic N) is 2. The standard InChI is InChI=1S/C16H21N3/c1-4-11-19-15(17)14(12(3)5-2)18-16(19)13-9-7-6-8-10-13/h4,6-10,12H,1,5,11,17H2,2-3H3. The minimum absolute atomic E-state index is 0.369. The molecule has 100 valence electrons. The average molecular weight is 255 g/mol. The Morgan fingerprint density at radius 1 is 1.37 bits per heavy atom. The zero-order chi connectivity index (χ0) is 13.8. The van der Waals surface area contributed by atoms with E-state index in [1.54, 1.807) is 0 Å². The summed E-state index contributed by atoms with van der Waals surface area (Å²) in [6, 6.07) is 10.1. The monoisotopic (exact) mass is 255 g/mol. The zero-order valence-electron chi connectivity index (χ0n) is 11.6. The molecule has 1 aromatic carbocycles. The van der Waals surface area contributed by atoms with E-state index in [0.717, 1.165) is 29.3 Å². The molecule has 0 radical (unpaired) electrons. The van der Waals surface area contributed by atoms with Crippen LogP contribution in [-0.4, -0.2) is 9.55 Å². The Labute approximate surface area is 114 Å². The molecular formula is C16H21N3. The summed E-state index contributed by atoms with van der Waals surface area (Å²) in [6.45, 7) is 8.79. The third kappa shape index (κ3) is 2.55. The Bertz CT molecular complexity index is 555. The molecule has 3 heteroatoms. The van der Waals surface area contributed by atoms with E-state index in [1.807, 2.05) is 28.8 Å². The van der Waals surface area contributed by atoms with Crippen LogP contribution in [0.15, 0.2) is 43.0 Å². The minimum atomic E-state index is 0.369. The van der Waals surface area contributed by atoms with Crippen LogP contribution in [0.3, 0.4) is 0 Å². The first-order valence-corrected chi connectivity index (χ1v) is 6.71. The summed E-state index contributed by atoms with van der Waals surface area (Å²) in [5.74, 6) is 2.05. The number of hydrogen-bond donors (Lipinski definition) is 1. The predicted octanol–water partition coefficient (Wildman–Crippen LogP) is 3.83. The lowest BCUT2D eigenvalue weighted by Gasteiger charge is -2.08. The van der Waals surface area contributed by atoms with E-state index in [4.69, 9.17) is 10.7 Å². The van der Waals surface area contributed by atoms with Gasteiger partial charge in [0.15, 0.2) is 0 Å². The topological polar surface area (TPSA) is 43.8 Å². The van der Waals surface area contributed by atoms with Gasteiger partial charge in [-0.05, 0) is 6.42 Å². The molecule has 0 fully saturated rings. The van der Waals surface area contributed by atoms with Crippen LogP contribution in [0, 0.1) is 0 Å². The molecule has 0 amide bonds. The summed E-state index contributed by atoms with van der Waals surface area (Å²) < 4.78 is 2.03. The largest absolute Gasteiger partial charge is 0.384 e. The highest BCUT2D eigenvalue weighted by Crippen LogP contribution is 2.30. The van der Waals surface area contributed by atoms with Crippen molar-refractivity contribution >= 4 is 5.82 Å². The van der Waals surface area contributed by atoms with Crippen LogP contribution in [0.5, 0.6) is 0 Å². The fourth-order valence-electron chi connectivity index (χ4n) is 2.16. The van der Waals surface area contributed by atoms with Crippen molar-refractivity contribution in [1.29, 1.82) is 0 Å². The van der Waals surface area contributed by atoms with Gasteiger partial charge in [-0.3, -0.25) is 0 Å². The van der Waals surface area contributed by atoms with E-state index in [-0.39, 0.29) is 0 Å².